The summed E-state index contributed by atoms with van der Waals surface area (Å²) < 4.78 is 0. The Balaban J connectivity index is 1.52. The molecular formula is C21H26N2O2. The quantitative estimate of drug-likeness (QED) is 0.928. The Morgan fingerprint density at radius 1 is 1.08 bits per heavy atom. The number of carbonyl (C=O) groups excluding carboxylic acids is 1. The minimum Gasteiger partial charge on any atom is -0.338 e. The van der Waals surface area contributed by atoms with E-state index in [1.54, 1.807) is 12.1 Å². The largest absolute Gasteiger partial charge is 0.338 e. The highest BCUT2D eigenvalue weighted by molar-refractivity contribution is 5.93. The van der Waals surface area contributed by atoms with Gasteiger partial charge in [0.15, 0.2) is 0 Å². The number of carbonyl (C=O) groups is 1. The van der Waals surface area contributed by atoms with Crippen LogP contribution in [0.3, 0.4) is 0 Å². The Morgan fingerprint density at radius 2 is 1.76 bits per heavy atom. The summed E-state index contributed by atoms with van der Waals surface area (Å²) in [5, 5.41) is 0. The lowest BCUT2D eigenvalue weighted by atomic mass is 9.90. The number of H-pyrrole nitrogens is 1. The molecule has 4 nitrogen and oxygen atoms in total. The van der Waals surface area contributed by atoms with Gasteiger partial charge in [-0.3, -0.25) is 9.59 Å². The van der Waals surface area contributed by atoms with Crippen LogP contribution in [0, 0.1) is 19.8 Å². The second kappa shape index (κ2) is 7.68. The maximum absolute atomic E-state index is 12.6. The van der Waals surface area contributed by atoms with Crippen molar-refractivity contribution in [2.24, 2.45) is 5.92 Å². The van der Waals surface area contributed by atoms with Crippen LogP contribution in [0.25, 0.3) is 0 Å². The first-order valence-electron chi connectivity index (χ1n) is 9.07. The van der Waals surface area contributed by atoms with Gasteiger partial charge in [-0.25, -0.2) is 0 Å². The molecule has 1 aliphatic heterocycles. The third kappa shape index (κ3) is 4.38. The summed E-state index contributed by atoms with van der Waals surface area (Å²) in [6, 6.07) is 12.2. The molecule has 2 aromatic rings. The minimum atomic E-state index is -0.286. The zero-order valence-electron chi connectivity index (χ0n) is 15.0. The van der Waals surface area contributed by atoms with Crippen molar-refractivity contribution in [3.63, 3.8) is 0 Å². The molecule has 25 heavy (non-hydrogen) atoms. The fourth-order valence-corrected chi connectivity index (χ4v) is 3.46. The normalized spacial score (nSPS) is 15.4. The number of nitrogens with zero attached hydrogens (tertiary/aromatic N) is 1. The van der Waals surface area contributed by atoms with Crippen LogP contribution in [0.5, 0.6) is 0 Å². The van der Waals surface area contributed by atoms with Crippen molar-refractivity contribution in [2.45, 2.75) is 39.5 Å². The summed E-state index contributed by atoms with van der Waals surface area (Å²) in [5.74, 6) is 0.514. The van der Waals surface area contributed by atoms with Crippen LogP contribution < -0.4 is 5.56 Å². The number of hydrogen-bond donors (Lipinski definition) is 1. The van der Waals surface area contributed by atoms with E-state index in [0.717, 1.165) is 44.5 Å². The van der Waals surface area contributed by atoms with E-state index < -0.39 is 0 Å². The maximum Gasteiger partial charge on any atom is 0.260 e. The van der Waals surface area contributed by atoms with Gasteiger partial charge in [0.25, 0.3) is 11.5 Å². The van der Waals surface area contributed by atoms with Gasteiger partial charge in [-0.1, -0.05) is 29.8 Å². The van der Waals surface area contributed by atoms with Crippen LogP contribution in [0.4, 0.5) is 0 Å². The number of benzene rings is 1. The Bertz CT molecular complexity index is 784. The monoisotopic (exact) mass is 338 g/mol. The minimum absolute atomic E-state index is 0.141. The van der Waals surface area contributed by atoms with Gasteiger partial charge >= 0.3 is 0 Å². The van der Waals surface area contributed by atoms with Crippen LogP contribution >= 0.6 is 0 Å². The molecule has 3 rings (SSSR count). The first-order valence-corrected chi connectivity index (χ1v) is 9.07. The number of hydrogen-bond acceptors (Lipinski definition) is 2. The molecule has 1 aromatic carbocycles. The lowest BCUT2D eigenvalue weighted by molar-refractivity contribution is 0.0685. The van der Waals surface area contributed by atoms with E-state index in [-0.39, 0.29) is 17.0 Å². The van der Waals surface area contributed by atoms with Crippen molar-refractivity contribution in [2.75, 3.05) is 13.1 Å². The van der Waals surface area contributed by atoms with Crippen LogP contribution in [0.2, 0.25) is 0 Å². The number of likely N-dealkylation sites (tertiary alicyclic amines) is 1. The average molecular weight is 338 g/mol. The molecule has 0 atom stereocenters. The molecule has 0 radical (unpaired) electrons. The van der Waals surface area contributed by atoms with Crippen molar-refractivity contribution >= 4 is 5.91 Å². The first kappa shape index (κ1) is 17.5. The van der Waals surface area contributed by atoms with Crippen LogP contribution in [-0.2, 0) is 6.42 Å². The summed E-state index contributed by atoms with van der Waals surface area (Å²) in [5.41, 5.74) is 3.42. The van der Waals surface area contributed by atoms with E-state index in [1.165, 1.54) is 11.1 Å². The fourth-order valence-electron chi connectivity index (χ4n) is 3.46. The standard InChI is InChI=1S/C21H26N2O2/c1-15-3-6-17(7-4-15)8-9-18-11-13-23(14-12-18)21(25)19-10-5-16(2)22-20(19)24/h3-7,10,18H,8-9,11-14H2,1-2H3,(H,22,24). The number of amides is 1. The molecule has 0 unspecified atom stereocenters. The number of nitrogens with one attached hydrogen (secondary N) is 1. The van der Waals surface area contributed by atoms with Crippen LogP contribution in [0.1, 0.15) is 46.4 Å². The van der Waals surface area contributed by atoms with Gasteiger partial charge in [0.1, 0.15) is 5.56 Å². The summed E-state index contributed by atoms with van der Waals surface area (Å²) in [6.45, 7) is 5.40. The van der Waals surface area contributed by atoms with Gasteiger partial charge in [-0.15, -0.1) is 0 Å². The van der Waals surface area contributed by atoms with E-state index in [1.807, 2.05) is 11.8 Å². The molecule has 1 aliphatic rings. The highest BCUT2D eigenvalue weighted by atomic mass is 16.2. The first-order chi connectivity index (χ1) is 12.0. The number of piperidine rings is 1. The highest BCUT2D eigenvalue weighted by Crippen LogP contribution is 2.23. The Kier molecular flexibility index (Phi) is 5.37. The molecule has 1 fully saturated rings. The summed E-state index contributed by atoms with van der Waals surface area (Å²) >= 11 is 0. The predicted octanol–water partition coefficient (Wildman–Crippen LogP) is 3.48. The number of pyridine rings is 1. The third-order valence-corrected chi connectivity index (χ3v) is 5.15. The topological polar surface area (TPSA) is 53.2 Å². The SMILES string of the molecule is Cc1ccc(CCC2CCN(C(=O)c3ccc(C)[nH]c3=O)CC2)cc1. The molecule has 0 bridgehead atoms. The van der Waals surface area contributed by atoms with Gasteiger partial charge < -0.3 is 9.88 Å². The molecule has 0 aliphatic carbocycles. The molecule has 2 heterocycles. The van der Waals surface area contributed by atoms with Gasteiger partial charge in [0.2, 0.25) is 0 Å². The molecule has 132 valence electrons. The molecule has 0 spiro atoms. The van der Waals surface area contributed by atoms with Crippen molar-refractivity contribution < 1.29 is 4.79 Å². The lowest BCUT2D eigenvalue weighted by Crippen LogP contribution is -2.40. The van der Waals surface area contributed by atoms with Crippen molar-refractivity contribution in [3.8, 4) is 0 Å². The molecule has 1 N–H and O–H groups in total. The number of aromatic amines is 1. The maximum atomic E-state index is 12.6. The summed E-state index contributed by atoms with van der Waals surface area (Å²) in [7, 11) is 0. The smallest absolute Gasteiger partial charge is 0.260 e. The van der Waals surface area contributed by atoms with E-state index in [4.69, 9.17) is 0 Å². The molecule has 1 saturated heterocycles. The van der Waals surface area contributed by atoms with Crippen LogP contribution in [-0.4, -0.2) is 28.9 Å². The Morgan fingerprint density at radius 3 is 2.40 bits per heavy atom. The summed E-state index contributed by atoms with van der Waals surface area (Å²) in [4.78, 5) is 29.1. The van der Waals surface area contributed by atoms with E-state index >= 15 is 0 Å². The number of aromatic nitrogens is 1. The second-order valence-corrected chi connectivity index (χ2v) is 7.14. The molecule has 0 saturated carbocycles. The highest BCUT2D eigenvalue weighted by Gasteiger charge is 2.24. The molecule has 4 heteroatoms. The number of aryl methyl sites for hydroxylation is 3. The van der Waals surface area contributed by atoms with Crippen molar-refractivity contribution in [1.82, 2.24) is 9.88 Å². The van der Waals surface area contributed by atoms with Gasteiger partial charge in [-0.2, -0.15) is 0 Å². The zero-order chi connectivity index (χ0) is 17.8. The third-order valence-electron chi connectivity index (χ3n) is 5.15. The van der Waals surface area contributed by atoms with E-state index in [9.17, 15) is 9.59 Å². The molecular weight excluding hydrogens is 312 g/mol. The zero-order valence-corrected chi connectivity index (χ0v) is 15.0. The van der Waals surface area contributed by atoms with E-state index in [0.29, 0.717) is 5.92 Å². The predicted molar refractivity (Wildman–Crippen MR) is 99.9 cm³/mol. The summed E-state index contributed by atoms with van der Waals surface area (Å²) in [6.07, 6.45) is 4.29. The number of rotatable bonds is 4. The van der Waals surface area contributed by atoms with E-state index in [2.05, 4.69) is 36.2 Å². The molecule has 1 amide bonds. The van der Waals surface area contributed by atoms with Crippen molar-refractivity contribution in [3.05, 3.63) is 69.1 Å². The lowest BCUT2D eigenvalue weighted by Gasteiger charge is -2.32. The van der Waals surface area contributed by atoms with Gasteiger partial charge in [0, 0.05) is 18.8 Å². The van der Waals surface area contributed by atoms with Crippen LogP contribution in [0.15, 0.2) is 41.2 Å². The Hall–Kier alpha value is -2.36. The second-order valence-electron chi connectivity index (χ2n) is 7.14. The average Bonchev–Trinajstić information content (AvgIpc) is 2.61. The van der Waals surface area contributed by atoms with Crippen molar-refractivity contribution in [1.29, 1.82) is 0 Å². The Labute approximate surface area is 148 Å². The van der Waals surface area contributed by atoms with Gasteiger partial charge in [0.05, 0.1) is 0 Å². The van der Waals surface area contributed by atoms with Gasteiger partial charge in [-0.05, 0) is 63.1 Å². The fraction of sp³-hybridized carbons (Fsp3) is 0.429. The molecule has 1 aromatic heterocycles.